The van der Waals surface area contributed by atoms with Crippen LogP contribution >= 0.6 is 34.3 Å². The molecule has 0 aromatic carbocycles. The lowest BCUT2D eigenvalue weighted by atomic mass is 10.1. The molecule has 0 radical (unpaired) electrons. The van der Waals surface area contributed by atoms with Gasteiger partial charge in [-0.1, -0.05) is 17.7 Å². The van der Waals surface area contributed by atoms with Gasteiger partial charge in [0.15, 0.2) is 0 Å². The van der Waals surface area contributed by atoms with E-state index in [4.69, 9.17) is 11.6 Å². The number of hydrogen-bond donors (Lipinski definition) is 2. The first kappa shape index (κ1) is 13.5. The van der Waals surface area contributed by atoms with E-state index >= 15 is 0 Å². The van der Waals surface area contributed by atoms with E-state index < -0.39 is 5.60 Å². The van der Waals surface area contributed by atoms with Crippen LogP contribution in [-0.4, -0.2) is 17.6 Å². The van der Waals surface area contributed by atoms with Gasteiger partial charge in [0.05, 0.1) is 15.8 Å². The summed E-state index contributed by atoms with van der Waals surface area (Å²) in [7, 11) is 0. The van der Waals surface area contributed by atoms with E-state index in [-0.39, 0.29) is 12.5 Å². The van der Waals surface area contributed by atoms with Crippen LogP contribution < -0.4 is 5.32 Å². The molecular weight excluding hydrogens is 290 g/mol. The van der Waals surface area contributed by atoms with E-state index in [2.05, 4.69) is 5.32 Å². The first-order chi connectivity index (χ1) is 8.49. The van der Waals surface area contributed by atoms with Crippen LogP contribution in [0.5, 0.6) is 0 Å². The number of aliphatic hydroxyl groups is 1. The number of hydrogen-bond acceptors (Lipinski definition) is 4. The van der Waals surface area contributed by atoms with Crippen molar-refractivity contribution in [3.8, 4) is 0 Å². The number of amides is 1. The van der Waals surface area contributed by atoms with Gasteiger partial charge in [0.2, 0.25) is 0 Å². The van der Waals surface area contributed by atoms with Crippen LogP contribution in [0.3, 0.4) is 0 Å². The molecule has 0 spiro atoms. The molecule has 0 aliphatic rings. The molecule has 2 heterocycles. The van der Waals surface area contributed by atoms with E-state index in [0.29, 0.717) is 9.21 Å². The zero-order valence-electron chi connectivity index (χ0n) is 9.64. The maximum atomic E-state index is 11.8. The quantitative estimate of drug-likeness (QED) is 0.911. The monoisotopic (exact) mass is 301 g/mol. The van der Waals surface area contributed by atoms with Gasteiger partial charge in [0.25, 0.3) is 5.91 Å². The molecule has 3 nitrogen and oxygen atoms in total. The Kier molecular flexibility index (Phi) is 4.07. The van der Waals surface area contributed by atoms with Gasteiger partial charge in [-0.05, 0) is 30.5 Å². The van der Waals surface area contributed by atoms with Crippen LogP contribution in [0.25, 0.3) is 0 Å². The van der Waals surface area contributed by atoms with E-state index in [1.54, 1.807) is 19.1 Å². The topological polar surface area (TPSA) is 49.3 Å². The van der Waals surface area contributed by atoms with Crippen molar-refractivity contribution in [1.29, 1.82) is 0 Å². The molecule has 0 saturated heterocycles. The van der Waals surface area contributed by atoms with E-state index in [1.807, 2.05) is 17.5 Å². The Morgan fingerprint density at radius 2 is 2.28 bits per heavy atom. The summed E-state index contributed by atoms with van der Waals surface area (Å²) in [5, 5.41) is 14.9. The van der Waals surface area contributed by atoms with Crippen molar-refractivity contribution in [2.45, 2.75) is 12.5 Å². The predicted molar refractivity (Wildman–Crippen MR) is 75.6 cm³/mol. The standard InChI is InChI=1S/C12H12ClNO2S2/c1-12(16,9-3-2-6-17-9)7-14-11(15)8-4-5-10(13)18-8/h2-6,16H,7H2,1H3,(H,14,15)/t12-/m0/s1. The van der Waals surface area contributed by atoms with Gasteiger partial charge in [-0.3, -0.25) is 4.79 Å². The minimum Gasteiger partial charge on any atom is -0.383 e. The summed E-state index contributed by atoms with van der Waals surface area (Å²) in [5.74, 6) is -0.219. The van der Waals surface area contributed by atoms with E-state index in [1.165, 1.54) is 22.7 Å². The Bertz CT molecular complexity index is 534. The largest absolute Gasteiger partial charge is 0.383 e. The van der Waals surface area contributed by atoms with Gasteiger partial charge < -0.3 is 10.4 Å². The van der Waals surface area contributed by atoms with Crippen molar-refractivity contribution >= 4 is 40.2 Å². The van der Waals surface area contributed by atoms with Crippen molar-refractivity contribution in [3.05, 3.63) is 43.7 Å². The van der Waals surface area contributed by atoms with Gasteiger partial charge in [0.1, 0.15) is 5.60 Å². The third-order valence-corrected chi connectivity index (χ3v) is 4.80. The summed E-state index contributed by atoms with van der Waals surface area (Å²) in [6.45, 7) is 1.85. The summed E-state index contributed by atoms with van der Waals surface area (Å²) < 4.78 is 0.574. The summed E-state index contributed by atoms with van der Waals surface area (Å²) in [6.07, 6.45) is 0. The average molecular weight is 302 g/mol. The van der Waals surface area contributed by atoms with Crippen molar-refractivity contribution in [2.24, 2.45) is 0 Å². The fraction of sp³-hybridized carbons (Fsp3) is 0.250. The maximum Gasteiger partial charge on any atom is 0.261 e. The van der Waals surface area contributed by atoms with Gasteiger partial charge in [-0.2, -0.15) is 0 Å². The lowest BCUT2D eigenvalue weighted by Crippen LogP contribution is -2.37. The molecule has 0 fully saturated rings. The van der Waals surface area contributed by atoms with Crippen molar-refractivity contribution in [1.82, 2.24) is 5.32 Å². The Labute approximate surface area is 118 Å². The maximum absolute atomic E-state index is 11.8. The van der Waals surface area contributed by atoms with Crippen molar-refractivity contribution in [2.75, 3.05) is 6.54 Å². The molecular formula is C12H12ClNO2S2. The first-order valence-corrected chi connectivity index (χ1v) is 7.36. The molecule has 2 rings (SSSR count). The number of carbonyl (C=O) groups excluding carboxylic acids is 1. The lowest BCUT2D eigenvalue weighted by molar-refractivity contribution is 0.0558. The highest BCUT2D eigenvalue weighted by molar-refractivity contribution is 7.18. The molecule has 1 atom stereocenters. The third kappa shape index (κ3) is 3.11. The average Bonchev–Trinajstić information content (AvgIpc) is 2.96. The van der Waals surface area contributed by atoms with Crippen LogP contribution in [-0.2, 0) is 5.60 Å². The van der Waals surface area contributed by atoms with Crippen LogP contribution in [0.4, 0.5) is 0 Å². The fourth-order valence-corrected chi connectivity index (χ4v) is 3.19. The lowest BCUT2D eigenvalue weighted by Gasteiger charge is -2.22. The zero-order valence-corrected chi connectivity index (χ0v) is 12.0. The summed E-state index contributed by atoms with van der Waals surface area (Å²) >= 11 is 8.45. The first-order valence-electron chi connectivity index (χ1n) is 5.29. The third-order valence-electron chi connectivity index (χ3n) is 2.44. The number of halogens is 1. The molecule has 2 aromatic rings. The molecule has 0 saturated carbocycles. The Hall–Kier alpha value is -0.880. The Balaban J connectivity index is 1.98. The highest BCUT2D eigenvalue weighted by Crippen LogP contribution is 2.25. The smallest absolute Gasteiger partial charge is 0.261 e. The molecule has 0 bridgehead atoms. The second kappa shape index (κ2) is 5.40. The molecule has 1 amide bonds. The molecule has 96 valence electrons. The van der Waals surface area contributed by atoms with Crippen molar-refractivity contribution < 1.29 is 9.90 Å². The number of thiophene rings is 2. The van der Waals surface area contributed by atoms with Gasteiger partial charge >= 0.3 is 0 Å². The SMILES string of the molecule is C[C@](O)(CNC(=O)c1ccc(Cl)s1)c1cccs1. The van der Waals surface area contributed by atoms with Crippen LogP contribution in [0, 0.1) is 0 Å². The minimum absolute atomic E-state index is 0.169. The normalized spacial score (nSPS) is 14.2. The molecule has 0 aliphatic heterocycles. The second-order valence-electron chi connectivity index (χ2n) is 4.04. The second-order valence-corrected chi connectivity index (χ2v) is 6.70. The van der Waals surface area contributed by atoms with Crippen LogP contribution in [0.1, 0.15) is 21.5 Å². The van der Waals surface area contributed by atoms with Crippen molar-refractivity contribution in [3.63, 3.8) is 0 Å². The highest BCUT2D eigenvalue weighted by atomic mass is 35.5. The Morgan fingerprint density at radius 1 is 1.50 bits per heavy atom. The molecule has 0 aliphatic carbocycles. The summed E-state index contributed by atoms with van der Waals surface area (Å²) in [4.78, 5) is 13.2. The number of nitrogens with one attached hydrogen (secondary N) is 1. The van der Waals surface area contributed by atoms with Gasteiger partial charge in [-0.25, -0.2) is 0 Å². The number of carbonyl (C=O) groups is 1. The van der Waals surface area contributed by atoms with E-state index in [9.17, 15) is 9.90 Å². The molecule has 2 N–H and O–H groups in total. The fourth-order valence-electron chi connectivity index (χ4n) is 1.45. The molecule has 0 unspecified atom stereocenters. The van der Waals surface area contributed by atoms with Crippen LogP contribution in [0.15, 0.2) is 29.6 Å². The predicted octanol–water partition coefficient (Wildman–Crippen LogP) is 3.10. The van der Waals surface area contributed by atoms with Gasteiger partial charge in [-0.15, -0.1) is 22.7 Å². The molecule has 18 heavy (non-hydrogen) atoms. The zero-order chi connectivity index (χ0) is 13.2. The summed E-state index contributed by atoms with van der Waals surface area (Å²) in [5.41, 5.74) is -1.05. The summed E-state index contributed by atoms with van der Waals surface area (Å²) in [6, 6.07) is 7.06. The van der Waals surface area contributed by atoms with E-state index in [0.717, 1.165) is 4.88 Å². The molecule has 6 heteroatoms. The highest BCUT2D eigenvalue weighted by Gasteiger charge is 2.25. The van der Waals surface area contributed by atoms with Crippen LogP contribution in [0.2, 0.25) is 4.34 Å². The Morgan fingerprint density at radius 3 is 2.83 bits per heavy atom. The number of rotatable bonds is 4. The molecule has 2 aromatic heterocycles. The minimum atomic E-state index is -1.05. The van der Waals surface area contributed by atoms with Gasteiger partial charge in [0, 0.05) is 4.88 Å².